The van der Waals surface area contributed by atoms with Crippen LogP contribution in [-0.2, 0) is 18.0 Å². The van der Waals surface area contributed by atoms with Gasteiger partial charge in [-0.2, -0.15) is 5.26 Å². The number of ether oxygens (including phenoxy) is 1. The van der Waals surface area contributed by atoms with Crippen LogP contribution in [0.15, 0.2) is 21.8 Å². The first-order valence-corrected chi connectivity index (χ1v) is 17.5. The van der Waals surface area contributed by atoms with Crippen molar-refractivity contribution in [3.63, 3.8) is 0 Å². The third-order valence-electron chi connectivity index (χ3n) is 9.56. The highest BCUT2D eigenvalue weighted by Gasteiger charge is 2.32. The van der Waals surface area contributed by atoms with Crippen molar-refractivity contribution < 1.29 is 9.13 Å². The number of thioether (sulfide) groups is 1. The number of hydrogen-bond acceptors (Lipinski definition) is 6. The molecular formula is C35H45FN5OPS. The molecule has 0 saturated carbocycles. The predicted octanol–water partition coefficient (Wildman–Crippen LogP) is 6.14. The topological polar surface area (TPSA) is 87.5 Å². The zero-order valence-corrected chi connectivity index (χ0v) is 28.7. The SMILES string of the molecule is CCCCCCC1C(C)CCN1C(C)=N/C=c1/c2c(c(-c3ncc(F)c4c3C(C#N)=C(N)CS4)c(P)c1=C(C)CC)COC2. The van der Waals surface area contributed by atoms with Gasteiger partial charge in [0.2, 0.25) is 0 Å². The number of nitriles is 1. The fourth-order valence-corrected chi connectivity index (χ4v) is 8.62. The van der Waals surface area contributed by atoms with Crippen LogP contribution in [0.2, 0.25) is 0 Å². The van der Waals surface area contributed by atoms with Gasteiger partial charge >= 0.3 is 0 Å². The largest absolute Gasteiger partial charge is 0.400 e. The van der Waals surface area contributed by atoms with Crippen molar-refractivity contribution in [3.05, 3.63) is 44.8 Å². The van der Waals surface area contributed by atoms with Crippen molar-refractivity contribution in [1.29, 1.82) is 5.26 Å². The Morgan fingerprint density at radius 1 is 1.25 bits per heavy atom. The van der Waals surface area contributed by atoms with Crippen molar-refractivity contribution in [2.75, 3.05) is 12.3 Å². The van der Waals surface area contributed by atoms with Gasteiger partial charge in [-0.1, -0.05) is 52.0 Å². The van der Waals surface area contributed by atoms with Crippen molar-refractivity contribution in [2.24, 2.45) is 16.6 Å². The number of allylic oxidation sites excluding steroid dienone is 1. The molecule has 0 spiro atoms. The Kier molecular flexibility index (Phi) is 10.5. The van der Waals surface area contributed by atoms with E-state index >= 15 is 4.39 Å². The van der Waals surface area contributed by atoms with E-state index in [-0.39, 0.29) is 0 Å². The molecule has 1 aromatic carbocycles. The van der Waals surface area contributed by atoms with Gasteiger partial charge in [-0.15, -0.1) is 21.0 Å². The Balaban J connectivity index is 1.68. The van der Waals surface area contributed by atoms with Gasteiger partial charge in [0.1, 0.15) is 11.9 Å². The third-order valence-corrected chi connectivity index (χ3v) is 11.3. The van der Waals surface area contributed by atoms with Gasteiger partial charge in [0.15, 0.2) is 5.82 Å². The minimum atomic E-state index is -0.432. The van der Waals surface area contributed by atoms with Crippen LogP contribution in [-0.4, -0.2) is 34.1 Å². The van der Waals surface area contributed by atoms with E-state index in [1.807, 2.05) is 6.20 Å². The zero-order valence-electron chi connectivity index (χ0n) is 26.7. The second kappa shape index (κ2) is 14.1. The van der Waals surface area contributed by atoms with E-state index in [1.165, 1.54) is 62.1 Å². The normalized spacial score (nSPS) is 21.1. The summed E-state index contributed by atoms with van der Waals surface area (Å²) < 4.78 is 21.1. The number of aliphatic imine (C=N–C) groups is 1. The monoisotopic (exact) mass is 633 g/mol. The van der Waals surface area contributed by atoms with Gasteiger partial charge < -0.3 is 15.4 Å². The van der Waals surface area contributed by atoms with Crippen LogP contribution in [0.25, 0.3) is 28.6 Å². The lowest BCUT2D eigenvalue weighted by Crippen LogP contribution is -2.41. The molecule has 2 aromatic rings. The zero-order chi connectivity index (χ0) is 31.5. The Hall–Kier alpha value is -2.72. The van der Waals surface area contributed by atoms with E-state index in [0.717, 1.165) is 51.2 Å². The van der Waals surface area contributed by atoms with Crippen LogP contribution < -0.4 is 21.5 Å². The molecule has 0 amide bonds. The van der Waals surface area contributed by atoms with E-state index < -0.39 is 5.82 Å². The maximum atomic E-state index is 15.0. The third kappa shape index (κ3) is 6.08. The van der Waals surface area contributed by atoms with Crippen molar-refractivity contribution in [1.82, 2.24) is 9.88 Å². The van der Waals surface area contributed by atoms with Crippen LogP contribution in [0.1, 0.15) is 96.3 Å². The molecule has 1 saturated heterocycles. The summed E-state index contributed by atoms with van der Waals surface area (Å²) in [6, 6.07) is 2.77. The highest BCUT2D eigenvalue weighted by atomic mass is 32.2. The van der Waals surface area contributed by atoms with E-state index in [9.17, 15) is 5.26 Å². The molecule has 6 nitrogen and oxygen atoms in total. The molecule has 234 valence electrons. The molecule has 44 heavy (non-hydrogen) atoms. The van der Waals surface area contributed by atoms with Gasteiger partial charge in [-0.05, 0) is 60.7 Å². The molecule has 1 fully saturated rings. The summed E-state index contributed by atoms with van der Waals surface area (Å²) in [5.74, 6) is 1.66. The number of likely N-dealkylation sites (tertiary alicyclic amines) is 1. The molecule has 3 unspecified atom stereocenters. The lowest BCUT2D eigenvalue weighted by molar-refractivity contribution is 0.134. The van der Waals surface area contributed by atoms with Gasteiger partial charge in [-0.3, -0.25) is 4.98 Å². The number of nitrogens with two attached hydrogens (primary N) is 1. The van der Waals surface area contributed by atoms with Crippen molar-refractivity contribution in [2.45, 2.75) is 104 Å². The van der Waals surface area contributed by atoms with E-state index in [4.69, 9.17) is 15.5 Å². The maximum absolute atomic E-state index is 15.0. The number of halogens is 1. The van der Waals surface area contributed by atoms with Crippen LogP contribution in [0.4, 0.5) is 4.39 Å². The standard InChI is InChI=1S/C35H45FN5OPS/c1-6-8-9-10-11-29-21(4)12-13-41(29)22(5)39-15-24-25-17-42-18-26(25)31(34(43)30(24)20(3)7-2)33-32-23(14-37)28(38)19-44-35(32)27(36)16-40-33/h15-16,21,29H,6-13,17-19,38,43H2,1-5H3/b24-15-,30-20?,39-22?. The molecular weight excluding hydrogens is 588 g/mol. The fourth-order valence-electron chi connectivity index (χ4n) is 6.93. The van der Waals surface area contributed by atoms with Crippen LogP contribution >= 0.6 is 21.0 Å². The predicted molar refractivity (Wildman–Crippen MR) is 184 cm³/mol. The molecule has 1 aromatic heterocycles. The molecule has 0 radical (unpaired) electrons. The minimum Gasteiger partial charge on any atom is -0.400 e. The summed E-state index contributed by atoms with van der Waals surface area (Å²) in [6.45, 7) is 13.0. The minimum absolute atomic E-state index is 0.301. The quantitative estimate of drug-likeness (QED) is 0.163. The van der Waals surface area contributed by atoms with Gasteiger partial charge in [0.25, 0.3) is 0 Å². The number of unbranched alkanes of at least 4 members (excludes halogenated alkanes) is 3. The van der Waals surface area contributed by atoms with E-state index in [2.05, 4.69) is 59.8 Å². The summed E-state index contributed by atoms with van der Waals surface area (Å²) in [4.78, 5) is 12.7. The van der Waals surface area contributed by atoms with Crippen molar-refractivity contribution in [3.8, 4) is 17.3 Å². The molecule has 9 heteroatoms. The number of nitrogens with zero attached hydrogens (tertiary/aromatic N) is 4. The summed E-state index contributed by atoms with van der Waals surface area (Å²) >= 11 is 1.32. The van der Waals surface area contributed by atoms with Gasteiger partial charge in [-0.25, -0.2) is 9.38 Å². The Bertz CT molecular complexity index is 1680. The van der Waals surface area contributed by atoms with E-state index in [1.54, 1.807) is 0 Å². The van der Waals surface area contributed by atoms with E-state index in [0.29, 0.717) is 58.3 Å². The molecule has 3 aliphatic heterocycles. The highest BCUT2D eigenvalue weighted by Crippen LogP contribution is 2.43. The lowest BCUT2D eigenvalue weighted by atomic mass is 9.90. The number of aromatic nitrogens is 1. The maximum Gasteiger partial charge on any atom is 0.155 e. The first-order valence-electron chi connectivity index (χ1n) is 16.0. The fraction of sp³-hybridized carbons (Fsp3) is 0.514. The Labute approximate surface area is 268 Å². The summed E-state index contributed by atoms with van der Waals surface area (Å²) in [6.07, 6.45) is 11.7. The summed E-state index contributed by atoms with van der Waals surface area (Å²) in [5, 5.41) is 13.2. The average Bonchev–Trinajstić information content (AvgIpc) is 3.65. The van der Waals surface area contributed by atoms with Crippen molar-refractivity contribution >= 4 is 49.5 Å². The molecule has 2 N–H and O–H groups in total. The highest BCUT2D eigenvalue weighted by molar-refractivity contribution is 7.99. The summed E-state index contributed by atoms with van der Waals surface area (Å²) in [7, 11) is 2.94. The molecule has 0 bridgehead atoms. The smallest absolute Gasteiger partial charge is 0.155 e. The average molecular weight is 634 g/mol. The van der Waals surface area contributed by atoms with Gasteiger partial charge in [0.05, 0.1) is 35.6 Å². The first-order chi connectivity index (χ1) is 21.2. The first kappa shape index (κ1) is 32.7. The Morgan fingerprint density at radius 3 is 2.75 bits per heavy atom. The van der Waals surface area contributed by atoms with Crippen LogP contribution in [0, 0.1) is 23.1 Å². The van der Waals surface area contributed by atoms with Crippen LogP contribution in [0.3, 0.4) is 0 Å². The molecule has 4 heterocycles. The number of fused-ring (bicyclic) bond motifs is 2. The number of amidine groups is 1. The van der Waals surface area contributed by atoms with Gasteiger partial charge in [0, 0.05) is 46.6 Å². The number of benzene rings is 1. The number of pyridine rings is 1. The molecule has 3 atom stereocenters. The Morgan fingerprint density at radius 2 is 2.02 bits per heavy atom. The molecule has 0 aliphatic carbocycles. The summed E-state index contributed by atoms with van der Waals surface area (Å²) in [5.41, 5.74) is 12.3. The second-order valence-electron chi connectivity index (χ2n) is 12.3. The second-order valence-corrected chi connectivity index (χ2v) is 13.9. The lowest BCUT2D eigenvalue weighted by Gasteiger charge is -2.28. The number of rotatable bonds is 8. The number of hydrogen-bond donors (Lipinski definition) is 1. The van der Waals surface area contributed by atoms with Crippen LogP contribution in [0.5, 0.6) is 0 Å². The molecule has 5 rings (SSSR count). The molecule has 3 aliphatic rings.